The third kappa shape index (κ3) is 5.87. The third-order valence-corrected chi connectivity index (χ3v) is 5.67. The molecule has 1 fully saturated rings. The fraction of sp³-hybridized carbons (Fsp3) is 0.867. The van der Waals surface area contributed by atoms with Crippen LogP contribution in [0.1, 0.15) is 46.0 Å². The third-order valence-electron chi connectivity index (χ3n) is 4.25. The number of hydrogen-bond donors (Lipinski definition) is 3. The lowest BCUT2D eigenvalue weighted by Gasteiger charge is -2.35. The fourth-order valence-corrected chi connectivity index (χ4v) is 3.47. The second-order valence-corrected chi connectivity index (χ2v) is 7.49. The maximum Gasteiger partial charge on any atom is 0.239 e. The van der Waals surface area contributed by atoms with Gasteiger partial charge < -0.3 is 16.4 Å². The highest BCUT2D eigenvalue weighted by Crippen LogP contribution is 2.37. The predicted octanol–water partition coefficient (Wildman–Crippen LogP) is 1.27. The molecule has 21 heavy (non-hydrogen) atoms. The first-order chi connectivity index (χ1) is 9.90. The van der Waals surface area contributed by atoms with E-state index in [1.54, 1.807) is 0 Å². The molecule has 0 radical (unpaired) electrons. The molecule has 4 N–H and O–H groups in total. The molecule has 0 heterocycles. The largest absolute Gasteiger partial charge is 0.353 e. The summed E-state index contributed by atoms with van der Waals surface area (Å²) in [5, 5.41) is 5.55. The Hall–Kier alpha value is -0.750. The Labute approximate surface area is 132 Å². The van der Waals surface area contributed by atoms with Gasteiger partial charge in [0.25, 0.3) is 0 Å². The molecule has 6 heteroatoms. The molecule has 0 aromatic rings. The smallest absolute Gasteiger partial charge is 0.239 e. The summed E-state index contributed by atoms with van der Waals surface area (Å²) in [7, 11) is 0. The summed E-state index contributed by atoms with van der Waals surface area (Å²) < 4.78 is 0.173. The van der Waals surface area contributed by atoms with Gasteiger partial charge in [-0.25, -0.2) is 0 Å². The summed E-state index contributed by atoms with van der Waals surface area (Å²) in [6, 6.07) is -0.561. The number of rotatable bonds is 7. The summed E-state index contributed by atoms with van der Waals surface area (Å²) >= 11 is 1.85. The van der Waals surface area contributed by atoms with E-state index in [9.17, 15) is 9.59 Å². The van der Waals surface area contributed by atoms with Crippen LogP contribution in [-0.4, -0.2) is 41.9 Å². The molecule has 5 nitrogen and oxygen atoms in total. The number of amides is 2. The minimum absolute atomic E-state index is 0.00368. The Morgan fingerprint density at radius 1 is 1.19 bits per heavy atom. The van der Waals surface area contributed by atoms with Crippen LogP contribution in [0.15, 0.2) is 0 Å². The van der Waals surface area contributed by atoms with E-state index < -0.39 is 6.04 Å². The molecular weight excluding hydrogens is 286 g/mol. The number of nitrogens with two attached hydrogens (primary N) is 1. The van der Waals surface area contributed by atoms with E-state index >= 15 is 0 Å². The van der Waals surface area contributed by atoms with Gasteiger partial charge in [-0.05, 0) is 25.0 Å². The average molecular weight is 315 g/mol. The van der Waals surface area contributed by atoms with Crippen LogP contribution in [0, 0.1) is 5.92 Å². The first kappa shape index (κ1) is 18.3. The Morgan fingerprint density at radius 3 is 2.33 bits per heavy atom. The molecule has 1 aliphatic carbocycles. The highest BCUT2D eigenvalue weighted by atomic mass is 32.2. The second kappa shape index (κ2) is 8.63. The van der Waals surface area contributed by atoms with Gasteiger partial charge in [-0.1, -0.05) is 33.1 Å². The quantitative estimate of drug-likeness (QED) is 0.660. The number of carbonyl (C=O) groups excluding carboxylic acids is 2. The molecule has 1 saturated carbocycles. The standard InChI is InChI=1S/C15H29N3O2S/c1-11(2)13(16)14(20)17-9-12(19)18-10-15(21-3)7-5-4-6-8-15/h11,13H,4-10,16H2,1-3H3,(H,17,20)(H,18,19)/t13-/m0/s1. The van der Waals surface area contributed by atoms with Crippen molar-refractivity contribution >= 4 is 23.6 Å². The summed E-state index contributed by atoms with van der Waals surface area (Å²) in [6.45, 7) is 4.45. The molecule has 2 amide bonds. The molecule has 0 aliphatic heterocycles. The van der Waals surface area contributed by atoms with E-state index in [0.717, 1.165) is 12.8 Å². The van der Waals surface area contributed by atoms with Crippen LogP contribution in [0.3, 0.4) is 0 Å². The van der Waals surface area contributed by atoms with Crippen molar-refractivity contribution < 1.29 is 9.59 Å². The van der Waals surface area contributed by atoms with Crippen LogP contribution in [-0.2, 0) is 9.59 Å². The van der Waals surface area contributed by atoms with Gasteiger partial charge in [0.2, 0.25) is 11.8 Å². The topological polar surface area (TPSA) is 84.2 Å². The highest BCUT2D eigenvalue weighted by Gasteiger charge is 2.31. The van der Waals surface area contributed by atoms with E-state index in [4.69, 9.17) is 5.73 Å². The lowest BCUT2D eigenvalue weighted by atomic mass is 9.88. The van der Waals surface area contributed by atoms with E-state index in [2.05, 4.69) is 16.9 Å². The van der Waals surface area contributed by atoms with Crippen molar-refractivity contribution in [3.8, 4) is 0 Å². The van der Waals surface area contributed by atoms with Crippen LogP contribution >= 0.6 is 11.8 Å². The Morgan fingerprint density at radius 2 is 1.81 bits per heavy atom. The van der Waals surface area contributed by atoms with Gasteiger partial charge in [-0.3, -0.25) is 9.59 Å². The molecule has 0 spiro atoms. The molecule has 1 rings (SSSR count). The minimum atomic E-state index is -0.561. The van der Waals surface area contributed by atoms with Gasteiger partial charge in [0, 0.05) is 11.3 Å². The normalized spacial score (nSPS) is 19.1. The van der Waals surface area contributed by atoms with Gasteiger partial charge in [0.05, 0.1) is 12.6 Å². The van der Waals surface area contributed by atoms with Crippen molar-refractivity contribution in [3.63, 3.8) is 0 Å². The first-order valence-corrected chi connectivity index (χ1v) is 8.98. The van der Waals surface area contributed by atoms with Gasteiger partial charge in [0.15, 0.2) is 0 Å². The van der Waals surface area contributed by atoms with E-state index in [1.807, 2.05) is 25.6 Å². The van der Waals surface area contributed by atoms with Crippen molar-refractivity contribution in [3.05, 3.63) is 0 Å². The van der Waals surface area contributed by atoms with Gasteiger partial charge >= 0.3 is 0 Å². The zero-order valence-electron chi connectivity index (χ0n) is 13.4. The van der Waals surface area contributed by atoms with Crippen LogP contribution in [0.5, 0.6) is 0 Å². The monoisotopic (exact) mass is 315 g/mol. The number of hydrogen-bond acceptors (Lipinski definition) is 4. The summed E-state index contributed by atoms with van der Waals surface area (Å²) in [6.07, 6.45) is 8.17. The van der Waals surface area contributed by atoms with Crippen molar-refractivity contribution in [2.75, 3.05) is 19.3 Å². The predicted molar refractivity (Wildman–Crippen MR) is 88.2 cm³/mol. The minimum Gasteiger partial charge on any atom is -0.353 e. The van der Waals surface area contributed by atoms with Gasteiger partial charge in [-0.15, -0.1) is 0 Å². The fourth-order valence-electron chi connectivity index (χ4n) is 2.56. The van der Waals surface area contributed by atoms with Crippen molar-refractivity contribution in [2.45, 2.75) is 56.7 Å². The molecule has 0 bridgehead atoms. The lowest BCUT2D eigenvalue weighted by molar-refractivity contribution is -0.127. The number of thioether (sulfide) groups is 1. The van der Waals surface area contributed by atoms with Gasteiger partial charge in [0.1, 0.15) is 0 Å². The zero-order chi connectivity index (χ0) is 15.9. The maximum absolute atomic E-state index is 11.9. The van der Waals surface area contributed by atoms with E-state index in [1.165, 1.54) is 19.3 Å². The van der Waals surface area contributed by atoms with Crippen molar-refractivity contribution in [2.24, 2.45) is 11.7 Å². The van der Waals surface area contributed by atoms with Crippen LogP contribution in [0.2, 0.25) is 0 Å². The molecule has 0 saturated heterocycles. The van der Waals surface area contributed by atoms with Crippen molar-refractivity contribution in [1.29, 1.82) is 0 Å². The van der Waals surface area contributed by atoms with E-state index in [-0.39, 0.29) is 29.0 Å². The second-order valence-electron chi connectivity index (χ2n) is 6.21. The number of nitrogens with one attached hydrogen (secondary N) is 2. The Bertz CT molecular complexity index is 355. The molecular formula is C15H29N3O2S. The Kier molecular flexibility index (Phi) is 7.52. The molecule has 1 atom stereocenters. The molecule has 0 aromatic carbocycles. The summed E-state index contributed by atoms with van der Waals surface area (Å²) in [5.74, 6) is -0.342. The highest BCUT2D eigenvalue weighted by molar-refractivity contribution is 8.00. The van der Waals surface area contributed by atoms with E-state index in [0.29, 0.717) is 6.54 Å². The van der Waals surface area contributed by atoms with Crippen LogP contribution in [0.4, 0.5) is 0 Å². The molecule has 1 aliphatic rings. The first-order valence-electron chi connectivity index (χ1n) is 7.75. The average Bonchev–Trinajstić information content (AvgIpc) is 2.50. The lowest BCUT2D eigenvalue weighted by Crippen LogP contribution is -2.49. The summed E-state index contributed by atoms with van der Waals surface area (Å²) in [5.41, 5.74) is 5.73. The number of carbonyl (C=O) groups is 2. The molecule has 0 aromatic heterocycles. The maximum atomic E-state index is 11.9. The van der Waals surface area contributed by atoms with Crippen molar-refractivity contribution in [1.82, 2.24) is 10.6 Å². The SMILES string of the molecule is CSC1(CNC(=O)CNC(=O)[C@@H](N)C(C)C)CCCCC1. The van der Waals surface area contributed by atoms with Gasteiger partial charge in [-0.2, -0.15) is 11.8 Å². The zero-order valence-corrected chi connectivity index (χ0v) is 14.2. The van der Waals surface area contributed by atoms with Crippen LogP contribution in [0.25, 0.3) is 0 Å². The molecule has 122 valence electrons. The Balaban J connectivity index is 2.32. The van der Waals surface area contributed by atoms with Crippen LogP contribution < -0.4 is 16.4 Å². The molecule has 0 unspecified atom stereocenters. The summed E-state index contributed by atoms with van der Waals surface area (Å²) in [4.78, 5) is 23.6.